The Morgan fingerprint density at radius 3 is 2.57 bits per heavy atom. The first-order valence-corrected chi connectivity index (χ1v) is 11.0. The third kappa shape index (κ3) is 4.67. The molecule has 0 bridgehead atoms. The van der Waals surface area contributed by atoms with Gasteiger partial charge in [0.15, 0.2) is 0 Å². The molecule has 0 unspecified atom stereocenters. The summed E-state index contributed by atoms with van der Waals surface area (Å²) in [5, 5.41) is 3.41. The maximum atomic E-state index is 13.6. The van der Waals surface area contributed by atoms with Crippen molar-refractivity contribution in [1.82, 2.24) is 4.90 Å². The second-order valence-corrected chi connectivity index (χ2v) is 8.73. The molecule has 4 rings (SSSR count). The highest BCUT2D eigenvalue weighted by Gasteiger charge is 2.33. The lowest BCUT2D eigenvalue weighted by molar-refractivity contribution is -0.136. The number of nitrogens with one attached hydrogen (secondary N) is 1. The number of rotatable bonds is 4. The fraction of sp³-hybridized carbons (Fsp3) is 0.417. The van der Waals surface area contributed by atoms with Gasteiger partial charge in [-0.2, -0.15) is 0 Å². The van der Waals surface area contributed by atoms with Gasteiger partial charge in [0.25, 0.3) is 0 Å². The minimum atomic E-state index is -0.503. The summed E-state index contributed by atoms with van der Waals surface area (Å²) in [4.78, 5) is 27.5. The van der Waals surface area contributed by atoms with Crippen molar-refractivity contribution in [2.45, 2.75) is 51.0 Å². The van der Waals surface area contributed by atoms with E-state index < -0.39 is 6.04 Å². The van der Waals surface area contributed by atoms with Gasteiger partial charge in [-0.25, -0.2) is 4.39 Å². The van der Waals surface area contributed by atoms with E-state index in [0.717, 1.165) is 17.5 Å². The van der Waals surface area contributed by atoms with Gasteiger partial charge in [-0.05, 0) is 48.2 Å². The summed E-state index contributed by atoms with van der Waals surface area (Å²) in [6, 6.07) is 10.8. The lowest BCUT2D eigenvalue weighted by Gasteiger charge is -2.31. The molecule has 0 saturated heterocycles. The van der Waals surface area contributed by atoms with E-state index in [9.17, 15) is 14.0 Å². The van der Waals surface area contributed by atoms with Crippen LogP contribution in [0.25, 0.3) is 0 Å². The molecule has 1 aliphatic heterocycles. The van der Waals surface area contributed by atoms with Gasteiger partial charge in [-0.15, -0.1) is 0 Å². The number of anilines is 1. The molecule has 1 saturated carbocycles. The van der Waals surface area contributed by atoms with E-state index in [1.807, 2.05) is 0 Å². The van der Waals surface area contributed by atoms with Gasteiger partial charge in [0.1, 0.15) is 12.4 Å². The number of carbonyl (C=O) groups is 2. The highest BCUT2D eigenvalue weighted by Crippen LogP contribution is 2.38. The third-order valence-corrected chi connectivity index (χ3v) is 6.44. The van der Waals surface area contributed by atoms with Gasteiger partial charge < -0.3 is 10.2 Å². The molecule has 1 atom stereocenters. The lowest BCUT2D eigenvalue weighted by atomic mass is 9.86. The van der Waals surface area contributed by atoms with Crippen molar-refractivity contribution < 1.29 is 14.0 Å². The number of amides is 2. The van der Waals surface area contributed by atoms with Crippen LogP contribution < -0.4 is 5.32 Å². The van der Waals surface area contributed by atoms with Crippen LogP contribution in [0.5, 0.6) is 0 Å². The summed E-state index contributed by atoms with van der Waals surface area (Å²) in [6.07, 6.45) is 7.34. The van der Waals surface area contributed by atoms with Crippen molar-refractivity contribution in [2.24, 2.45) is 5.92 Å². The predicted octanol–water partition coefficient (Wildman–Crippen LogP) is 5.71. The monoisotopic (exact) mass is 428 g/mol. The van der Waals surface area contributed by atoms with E-state index in [-0.39, 0.29) is 24.2 Å². The van der Waals surface area contributed by atoms with E-state index >= 15 is 0 Å². The standard InChI is InChI=1S/C24H26ClFN2O2/c25-18-9-12-21-20(14-18)24(17-7-10-19(26)11-8-17)28(15-22(29)27-21)23(30)13-6-16-4-2-1-3-5-16/h7-12,14,16,24H,1-6,13,15H2,(H,27,29)/t24-/m1/s1. The summed E-state index contributed by atoms with van der Waals surface area (Å²) in [5.74, 6) is -0.0651. The Kier molecular flexibility index (Phi) is 6.38. The molecule has 0 aromatic heterocycles. The number of hydrogen-bond acceptors (Lipinski definition) is 2. The van der Waals surface area contributed by atoms with Crippen molar-refractivity contribution >= 4 is 29.1 Å². The second-order valence-electron chi connectivity index (χ2n) is 8.30. The first-order valence-electron chi connectivity index (χ1n) is 10.7. The predicted molar refractivity (Wildman–Crippen MR) is 116 cm³/mol. The molecule has 1 heterocycles. The number of nitrogens with zero attached hydrogens (tertiary/aromatic N) is 1. The van der Waals surface area contributed by atoms with Gasteiger partial charge >= 0.3 is 0 Å². The summed E-state index contributed by atoms with van der Waals surface area (Å²) >= 11 is 6.26. The minimum Gasteiger partial charge on any atom is -0.324 e. The van der Waals surface area contributed by atoms with Crippen LogP contribution in [0.1, 0.15) is 62.1 Å². The van der Waals surface area contributed by atoms with Gasteiger partial charge in [-0.1, -0.05) is 55.8 Å². The van der Waals surface area contributed by atoms with Gasteiger partial charge in [0.2, 0.25) is 11.8 Å². The Hall–Kier alpha value is -2.40. The molecule has 4 nitrogen and oxygen atoms in total. The van der Waals surface area contributed by atoms with E-state index in [1.54, 1.807) is 35.2 Å². The molecule has 30 heavy (non-hydrogen) atoms. The second kappa shape index (κ2) is 9.17. The molecule has 2 aromatic carbocycles. The molecule has 1 N–H and O–H groups in total. The van der Waals surface area contributed by atoms with E-state index in [0.29, 0.717) is 23.0 Å². The van der Waals surface area contributed by atoms with Crippen LogP contribution in [0.3, 0.4) is 0 Å². The molecule has 158 valence electrons. The summed E-state index contributed by atoms with van der Waals surface area (Å²) < 4.78 is 13.6. The maximum Gasteiger partial charge on any atom is 0.244 e. The first kappa shape index (κ1) is 20.9. The Labute approximate surface area is 181 Å². The largest absolute Gasteiger partial charge is 0.324 e. The van der Waals surface area contributed by atoms with Crippen molar-refractivity contribution in [3.05, 3.63) is 64.4 Å². The summed E-state index contributed by atoms with van der Waals surface area (Å²) in [5.41, 5.74) is 2.12. The molecule has 2 aromatic rings. The average Bonchev–Trinajstić information content (AvgIpc) is 2.89. The number of halogens is 2. The molecule has 0 spiro atoms. The maximum absolute atomic E-state index is 13.6. The molecule has 2 amide bonds. The number of benzene rings is 2. The Morgan fingerprint density at radius 1 is 1.10 bits per heavy atom. The normalized spacial score (nSPS) is 19.7. The van der Waals surface area contributed by atoms with E-state index in [1.165, 1.54) is 44.2 Å². The zero-order valence-corrected chi connectivity index (χ0v) is 17.6. The van der Waals surface area contributed by atoms with Crippen LogP contribution in [0.4, 0.5) is 10.1 Å². The van der Waals surface area contributed by atoms with Crippen LogP contribution in [0, 0.1) is 11.7 Å². The zero-order chi connectivity index (χ0) is 21.1. The topological polar surface area (TPSA) is 49.4 Å². The molecular weight excluding hydrogens is 403 g/mol. The van der Waals surface area contributed by atoms with Crippen molar-refractivity contribution in [3.8, 4) is 0 Å². The molecule has 2 aliphatic rings. The van der Waals surface area contributed by atoms with Crippen molar-refractivity contribution in [3.63, 3.8) is 0 Å². The smallest absolute Gasteiger partial charge is 0.244 e. The SMILES string of the molecule is O=C1CN(C(=O)CCC2CCCCC2)[C@H](c2ccc(F)cc2)c2cc(Cl)ccc2N1. The number of fused-ring (bicyclic) bond motifs is 1. The number of hydrogen-bond donors (Lipinski definition) is 1. The van der Waals surface area contributed by atoms with Crippen LogP contribution in [-0.4, -0.2) is 23.3 Å². The summed E-state index contributed by atoms with van der Waals surface area (Å²) in [7, 11) is 0. The lowest BCUT2D eigenvalue weighted by Crippen LogP contribution is -2.39. The molecule has 0 radical (unpaired) electrons. The van der Waals surface area contributed by atoms with Crippen LogP contribution in [0.15, 0.2) is 42.5 Å². The van der Waals surface area contributed by atoms with Crippen LogP contribution >= 0.6 is 11.6 Å². The minimum absolute atomic E-state index is 0.0438. The van der Waals surface area contributed by atoms with Gasteiger partial charge in [0.05, 0.1) is 6.04 Å². The number of carbonyl (C=O) groups excluding carboxylic acids is 2. The molecule has 1 aliphatic carbocycles. The average molecular weight is 429 g/mol. The van der Waals surface area contributed by atoms with E-state index in [2.05, 4.69) is 5.32 Å². The highest BCUT2D eigenvalue weighted by molar-refractivity contribution is 6.30. The summed E-state index contributed by atoms with van der Waals surface area (Å²) in [6.45, 7) is -0.0438. The third-order valence-electron chi connectivity index (χ3n) is 6.21. The van der Waals surface area contributed by atoms with E-state index in [4.69, 9.17) is 11.6 Å². The fourth-order valence-corrected chi connectivity index (χ4v) is 4.84. The molecule has 6 heteroatoms. The Balaban J connectivity index is 1.67. The van der Waals surface area contributed by atoms with Crippen molar-refractivity contribution in [2.75, 3.05) is 11.9 Å². The van der Waals surface area contributed by atoms with Crippen molar-refractivity contribution in [1.29, 1.82) is 0 Å². The van der Waals surface area contributed by atoms with Crippen LogP contribution in [-0.2, 0) is 9.59 Å². The quantitative estimate of drug-likeness (QED) is 0.678. The Morgan fingerprint density at radius 2 is 1.83 bits per heavy atom. The Bertz CT molecular complexity index is 925. The first-order chi connectivity index (χ1) is 14.5. The van der Waals surface area contributed by atoms with Gasteiger partial charge in [0, 0.05) is 22.7 Å². The van der Waals surface area contributed by atoms with Crippen LogP contribution in [0.2, 0.25) is 5.02 Å². The highest BCUT2D eigenvalue weighted by atomic mass is 35.5. The zero-order valence-electron chi connectivity index (χ0n) is 16.9. The molecule has 1 fully saturated rings. The molecular formula is C24H26ClFN2O2. The van der Waals surface area contributed by atoms with Gasteiger partial charge in [-0.3, -0.25) is 9.59 Å². The fourth-order valence-electron chi connectivity index (χ4n) is 4.66.